The maximum atomic E-state index is 12.7. The summed E-state index contributed by atoms with van der Waals surface area (Å²) in [4.78, 5) is 26.3. The Balaban J connectivity index is 1.90. The molecule has 1 saturated heterocycles. The lowest BCUT2D eigenvalue weighted by Crippen LogP contribution is -2.63. The standard InChI is InChI=1S/C15H18N2O2/c1-15(12-5-3-2-4-6-12)14(19)17(9-11-7-8-11)10-13(18)16-15/h2-6,11H,7-10H2,1H3,(H,16,18). The molecule has 19 heavy (non-hydrogen) atoms. The van der Waals surface area contributed by atoms with Gasteiger partial charge in [-0.15, -0.1) is 0 Å². The molecular formula is C15H18N2O2. The molecule has 0 spiro atoms. The van der Waals surface area contributed by atoms with Crippen LogP contribution in [0.5, 0.6) is 0 Å². The number of hydrogen-bond acceptors (Lipinski definition) is 2. The molecule has 1 heterocycles. The van der Waals surface area contributed by atoms with E-state index in [0.717, 1.165) is 5.56 Å². The van der Waals surface area contributed by atoms with Gasteiger partial charge in [0, 0.05) is 6.54 Å². The van der Waals surface area contributed by atoms with Crippen molar-refractivity contribution in [3.05, 3.63) is 35.9 Å². The summed E-state index contributed by atoms with van der Waals surface area (Å²) < 4.78 is 0. The van der Waals surface area contributed by atoms with Crippen molar-refractivity contribution in [2.75, 3.05) is 13.1 Å². The van der Waals surface area contributed by atoms with E-state index in [0.29, 0.717) is 12.5 Å². The highest BCUT2D eigenvalue weighted by atomic mass is 16.2. The van der Waals surface area contributed by atoms with Gasteiger partial charge in [0.2, 0.25) is 5.91 Å². The summed E-state index contributed by atoms with van der Waals surface area (Å²) in [5, 5.41) is 2.85. The number of nitrogens with zero attached hydrogens (tertiary/aromatic N) is 1. The highest BCUT2D eigenvalue weighted by Crippen LogP contribution is 2.33. The summed E-state index contributed by atoms with van der Waals surface area (Å²) in [7, 11) is 0. The van der Waals surface area contributed by atoms with Gasteiger partial charge in [0.15, 0.2) is 0 Å². The van der Waals surface area contributed by atoms with Gasteiger partial charge in [0.05, 0.1) is 6.54 Å². The molecule has 0 aromatic heterocycles. The molecule has 1 atom stereocenters. The molecule has 1 N–H and O–H groups in total. The number of hydrogen-bond donors (Lipinski definition) is 1. The van der Waals surface area contributed by atoms with E-state index in [1.165, 1.54) is 12.8 Å². The summed E-state index contributed by atoms with van der Waals surface area (Å²) in [6.07, 6.45) is 2.35. The molecule has 1 saturated carbocycles. The van der Waals surface area contributed by atoms with Crippen LogP contribution in [0.2, 0.25) is 0 Å². The van der Waals surface area contributed by atoms with E-state index in [9.17, 15) is 9.59 Å². The molecule has 100 valence electrons. The molecular weight excluding hydrogens is 240 g/mol. The fourth-order valence-electron chi connectivity index (χ4n) is 2.66. The number of amides is 2. The van der Waals surface area contributed by atoms with E-state index >= 15 is 0 Å². The van der Waals surface area contributed by atoms with Gasteiger partial charge in [-0.05, 0) is 31.2 Å². The largest absolute Gasteiger partial charge is 0.337 e. The zero-order valence-electron chi connectivity index (χ0n) is 11.1. The SMILES string of the molecule is CC1(c2ccccc2)NC(=O)CN(CC2CC2)C1=O. The lowest BCUT2D eigenvalue weighted by Gasteiger charge is -2.40. The van der Waals surface area contributed by atoms with E-state index in [1.807, 2.05) is 30.3 Å². The van der Waals surface area contributed by atoms with Gasteiger partial charge < -0.3 is 10.2 Å². The van der Waals surface area contributed by atoms with Gasteiger partial charge in [-0.25, -0.2) is 0 Å². The van der Waals surface area contributed by atoms with Gasteiger partial charge in [-0.2, -0.15) is 0 Å². The Kier molecular flexibility index (Phi) is 2.81. The summed E-state index contributed by atoms with van der Waals surface area (Å²) in [6.45, 7) is 2.70. The van der Waals surface area contributed by atoms with Crippen molar-refractivity contribution >= 4 is 11.8 Å². The third kappa shape index (κ3) is 2.23. The Morgan fingerprint density at radius 1 is 1.26 bits per heavy atom. The molecule has 1 unspecified atom stereocenters. The number of carbonyl (C=O) groups is 2. The first-order valence-corrected chi connectivity index (χ1v) is 6.75. The molecule has 2 amide bonds. The van der Waals surface area contributed by atoms with Crippen LogP contribution < -0.4 is 5.32 Å². The summed E-state index contributed by atoms with van der Waals surface area (Å²) >= 11 is 0. The van der Waals surface area contributed by atoms with Crippen LogP contribution in [-0.2, 0) is 15.1 Å². The molecule has 4 nitrogen and oxygen atoms in total. The minimum atomic E-state index is -0.925. The van der Waals surface area contributed by atoms with Crippen LogP contribution in [0.3, 0.4) is 0 Å². The topological polar surface area (TPSA) is 49.4 Å². The predicted molar refractivity (Wildman–Crippen MR) is 71.2 cm³/mol. The maximum absolute atomic E-state index is 12.7. The molecule has 1 aliphatic carbocycles. The Labute approximate surface area is 112 Å². The predicted octanol–water partition coefficient (Wildman–Crippen LogP) is 1.27. The molecule has 2 aliphatic rings. The van der Waals surface area contributed by atoms with Crippen LogP contribution >= 0.6 is 0 Å². The summed E-state index contributed by atoms with van der Waals surface area (Å²) in [5.41, 5.74) is -0.0836. The number of benzene rings is 1. The van der Waals surface area contributed by atoms with E-state index in [2.05, 4.69) is 5.32 Å². The Morgan fingerprint density at radius 2 is 1.95 bits per heavy atom. The second kappa shape index (κ2) is 4.37. The smallest absolute Gasteiger partial charge is 0.253 e. The molecule has 1 aliphatic heterocycles. The van der Waals surface area contributed by atoms with Gasteiger partial charge in [0.1, 0.15) is 5.54 Å². The molecule has 2 fully saturated rings. The van der Waals surface area contributed by atoms with Gasteiger partial charge in [-0.3, -0.25) is 9.59 Å². The lowest BCUT2D eigenvalue weighted by molar-refractivity contribution is -0.149. The number of nitrogens with one attached hydrogen (secondary N) is 1. The molecule has 0 bridgehead atoms. The third-order valence-corrected chi connectivity index (χ3v) is 3.97. The van der Waals surface area contributed by atoms with Crippen molar-refractivity contribution in [1.82, 2.24) is 10.2 Å². The van der Waals surface area contributed by atoms with Crippen LogP contribution in [0.4, 0.5) is 0 Å². The van der Waals surface area contributed by atoms with E-state index in [-0.39, 0.29) is 18.4 Å². The van der Waals surface area contributed by atoms with Crippen LogP contribution in [0, 0.1) is 5.92 Å². The second-order valence-corrected chi connectivity index (χ2v) is 5.67. The lowest BCUT2D eigenvalue weighted by atomic mass is 9.88. The van der Waals surface area contributed by atoms with Crippen molar-refractivity contribution in [3.63, 3.8) is 0 Å². The van der Waals surface area contributed by atoms with Crippen molar-refractivity contribution in [1.29, 1.82) is 0 Å². The van der Waals surface area contributed by atoms with Crippen molar-refractivity contribution in [2.24, 2.45) is 5.92 Å². The first kappa shape index (κ1) is 12.2. The molecule has 3 rings (SSSR count). The Hall–Kier alpha value is -1.84. The van der Waals surface area contributed by atoms with E-state index in [1.54, 1.807) is 11.8 Å². The number of carbonyl (C=O) groups excluding carboxylic acids is 2. The van der Waals surface area contributed by atoms with Gasteiger partial charge >= 0.3 is 0 Å². The normalized spacial score (nSPS) is 27.3. The highest BCUT2D eigenvalue weighted by Gasteiger charge is 2.45. The van der Waals surface area contributed by atoms with Crippen molar-refractivity contribution in [2.45, 2.75) is 25.3 Å². The zero-order valence-corrected chi connectivity index (χ0v) is 11.1. The fraction of sp³-hybridized carbons (Fsp3) is 0.467. The first-order valence-electron chi connectivity index (χ1n) is 6.75. The Bertz CT molecular complexity index is 510. The minimum Gasteiger partial charge on any atom is -0.337 e. The van der Waals surface area contributed by atoms with E-state index < -0.39 is 5.54 Å². The summed E-state index contributed by atoms with van der Waals surface area (Å²) in [5.74, 6) is 0.520. The average molecular weight is 258 g/mol. The van der Waals surface area contributed by atoms with Crippen LogP contribution in [0.1, 0.15) is 25.3 Å². The number of piperazine rings is 1. The van der Waals surface area contributed by atoms with E-state index in [4.69, 9.17) is 0 Å². The van der Waals surface area contributed by atoms with Gasteiger partial charge in [-0.1, -0.05) is 30.3 Å². The Morgan fingerprint density at radius 3 is 2.58 bits per heavy atom. The second-order valence-electron chi connectivity index (χ2n) is 5.67. The zero-order chi connectivity index (χ0) is 13.5. The highest BCUT2D eigenvalue weighted by molar-refractivity contribution is 5.98. The quantitative estimate of drug-likeness (QED) is 0.887. The third-order valence-electron chi connectivity index (χ3n) is 3.97. The van der Waals surface area contributed by atoms with Crippen LogP contribution in [-0.4, -0.2) is 29.8 Å². The average Bonchev–Trinajstić information content (AvgIpc) is 3.20. The number of rotatable bonds is 3. The first-order chi connectivity index (χ1) is 9.09. The molecule has 1 aromatic rings. The fourth-order valence-corrected chi connectivity index (χ4v) is 2.66. The maximum Gasteiger partial charge on any atom is 0.253 e. The molecule has 4 heteroatoms. The van der Waals surface area contributed by atoms with Crippen molar-refractivity contribution in [3.8, 4) is 0 Å². The van der Waals surface area contributed by atoms with Crippen LogP contribution in [0.25, 0.3) is 0 Å². The summed E-state index contributed by atoms with van der Waals surface area (Å²) in [6, 6.07) is 9.46. The monoisotopic (exact) mass is 258 g/mol. The van der Waals surface area contributed by atoms with Crippen molar-refractivity contribution < 1.29 is 9.59 Å². The molecule has 0 radical (unpaired) electrons. The van der Waals surface area contributed by atoms with Gasteiger partial charge in [0.25, 0.3) is 5.91 Å². The van der Waals surface area contributed by atoms with Crippen LogP contribution in [0.15, 0.2) is 30.3 Å². The minimum absolute atomic E-state index is 0.00481. The molecule has 1 aromatic carbocycles.